The van der Waals surface area contributed by atoms with E-state index in [-0.39, 0.29) is 5.60 Å². The molecule has 0 radical (unpaired) electrons. The Bertz CT molecular complexity index is 248. The van der Waals surface area contributed by atoms with Crippen LogP contribution in [-0.2, 0) is 4.79 Å². The Labute approximate surface area is 97.8 Å². The molecule has 0 aliphatic carbocycles. The Morgan fingerprint density at radius 3 is 1.82 bits per heavy atom. The van der Waals surface area contributed by atoms with E-state index in [1.165, 1.54) is 0 Å². The molecule has 0 spiro atoms. The molecule has 1 saturated heterocycles. The van der Waals surface area contributed by atoms with Crippen LogP contribution in [0.4, 0.5) is 13.2 Å². The average molecular weight is 257 g/mol. The minimum Gasteiger partial charge on any atom is -0.475 e. The quantitative estimate of drug-likeness (QED) is 0.664. The number of carbonyl (C=O) groups is 1. The third kappa shape index (κ3) is 5.88. The van der Waals surface area contributed by atoms with Crippen LogP contribution in [0.5, 0.6) is 0 Å². The van der Waals surface area contributed by atoms with Crippen LogP contribution >= 0.6 is 0 Å². The van der Waals surface area contributed by atoms with E-state index in [4.69, 9.17) is 9.90 Å². The van der Waals surface area contributed by atoms with Gasteiger partial charge >= 0.3 is 12.1 Å². The lowest BCUT2D eigenvalue weighted by atomic mass is 9.82. The molecule has 0 aromatic heterocycles. The third-order valence-corrected chi connectivity index (χ3v) is 2.79. The van der Waals surface area contributed by atoms with E-state index >= 15 is 0 Å². The first kappa shape index (κ1) is 16.2. The molecule has 7 heteroatoms. The second kappa shape index (κ2) is 6.20. The number of piperidine rings is 1. The number of halogens is 3. The molecule has 1 heterocycles. The summed E-state index contributed by atoms with van der Waals surface area (Å²) in [6.07, 6.45) is -3.27. The standard InChI is InChI=1S/C8H17NO.C2HF3O2/c1-7(2)8(10)3-5-9-6-4-8;3-2(4,5)1(6)7/h7,9-10H,3-6H2,1-2H3;(H,6,7). The molecule has 0 bridgehead atoms. The molecule has 0 atom stereocenters. The van der Waals surface area contributed by atoms with E-state index < -0.39 is 12.1 Å². The molecule has 0 aromatic carbocycles. The van der Waals surface area contributed by atoms with Crippen LogP contribution in [0.3, 0.4) is 0 Å². The fourth-order valence-electron chi connectivity index (χ4n) is 1.44. The van der Waals surface area contributed by atoms with Gasteiger partial charge in [0.05, 0.1) is 5.60 Å². The summed E-state index contributed by atoms with van der Waals surface area (Å²) in [5.41, 5.74) is -0.384. The number of carboxylic acid groups (broad SMARTS) is 1. The number of hydrogen-bond donors (Lipinski definition) is 3. The highest BCUT2D eigenvalue weighted by Crippen LogP contribution is 2.26. The van der Waals surface area contributed by atoms with E-state index in [2.05, 4.69) is 19.2 Å². The molecule has 17 heavy (non-hydrogen) atoms. The number of carboxylic acids is 1. The lowest BCUT2D eigenvalue weighted by Gasteiger charge is -2.36. The topological polar surface area (TPSA) is 69.6 Å². The Kier molecular flexibility index (Phi) is 5.91. The predicted molar refractivity (Wildman–Crippen MR) is 55.6 cm³/mol. The van der Waals surface area contributed by atoms with E-state index in [0.717, 1.165) is 25.9 Å². The zero-order valence-corrected chi connectivity index (χ0v) is 9.84. The SMILES string of the molecule is CC(C)C1(O)CCNCC1.O=C(O)C(F)(F)F. The maximum atomic E-state index is 10.6. The second-order valence-electron chi connectivity index (χ2n) is 4.31. The largest absolute Gasteiger partial charge is 0.490 e. The van der Waals surface area contributed by atoms with Crippen LogP contribution < -0.4 is 5.32 Å². The first-order valence-corrected chi connectivity index (χ1v) is 5.33. The van der Waals surface area contributed by atoms with Gasteiger partial charge in [-0.15, -0.1) is 0 Å². The number of aliphatic carboxylic acids is 1. The number of rotatable bonds is 1. The number of alkyl halides is 3. The van der Waals surface area contributed by atoms with Crippen molar-refractivity contribution >= 4 is 5.97 Å². The van der Waals surface area contributed by atoms with Crippen LogP contribution in [-0.4, -0.2) is 41.0 Å². The number of hydrogen-bond acceptors (Lipinski definition) is 3. The van der Waals surface area contributed by atoms with Crippen molar-refractivity contribution in [2.45, 2.75) is 38.5 Å². The Morgan fingerprint density at radius 1 is 1.29 bits per heavy atom. The van der Waals surface area contributed by atoms with Gasteiger partial charge in [-0.25, -0.2) is 4.79 Å². The van der Waals surface area contributed by atoms with Crippen LogP contribution in [0.1, 0.15) is 26.7 Å². The third-order valence-electron chi connectivity index (χ3n) is 2.79. The molecule has 1 fully saturated rings. The van der Waals surface area contributed by atoms with Crippen molar-refractivity contribution in [2.75, 3.05) is 13.1 Å². The van der Waals surface area contributed by atoms with Gasteiger partial charge in [0, 0.05) is 0 Å². The zero-order chi connectivity index (χ0) is 13.7. The zero-order valence-electron chi connectivity index (χ0n) is 9.84. The minimum absolute atomic E-state index is 0.384. The highest BCUT2D eigenvalue weighted by molar-refractivity contribution is 5.73. The second-order valence-corrected chi connectivity index (χ2v) is 4.31. The van der Waals surface area contributed by atoms with Crippen molar-refractivity contribution < 1.29 is 28.2 Å². The van der Waals surface area contributed by atoms with Crippen LogP contribution in [0.2, 0.25) is 0 Å². The number of nitrogens with one attached hydrogen (secondary N) is 1. The summed E-state index contributed by atoms with van der Waals surface area (Å²) in [6.45, 7) is 6.11. The molecule has 0 amide bonds. The maximum Gasteiger partial charge on any atom is 0.490 e. The summed E-state index contributed by atoms with van der Waals surface area (Å²) >= 11 is 0. The van der Waals surface area contributed by atoms with Gasteiger partial charge in [-0.3, -0.25) is 0 Å². The molecule has 1 rings (SSSR count). The van der Waals surface area contributed by atoms with Crippen LogP contribution in [0.15, 0.2) is 0 Å². The van der Waals surface area contributed by atoms with E-state index in [1.54, 1.807) is 0 Å². The van der Waals surface area contributed by atoms with Crippen molar-refractivity contribution in [2.24, 2.45) is 5.92 Å². The maximum absolute atomic E-state index is 10.6. The summed E-state index contributed by atoms with van der Waals surface area (Å²) in [7, 11) is 0. The van der Waals surface area contributed by atoms with Crippen LogP contribution in [0, 0.1) is 5.92 Å². The van der Waals surface area contributed by atoms with Crippen molar-refractivity contribution in [3.05, 3.63) is 0 Å². The summed E-state index contributed by atoms with van der Waals surface area (Å²) in [5, 5.41) is 20.3. The van der Waals surface area contributed by atoms with Crippen molar-refractivity contribution in [3.63, 3.8) is 0 Å². The lowest BCUT2D eigenvalue weighted by Crippen LogP contribution is -2.45. The minimum atomic E-state index is -5.08. The monoisotopic (exact) mass is 257 g/mol. The van der Waals surface area contributed by atoms with E-state index in [9.17, 15) is 18.3 Å². The lowest BCUT2D eigenvalue weighted by molar-refractivity contribution is -0.192. The molecule has 1 aliphatic rings. The molecule has 1 aliphatic heterocycles. The summed E-state index contributed by atoms with van der Waals surface area (Å²) in [6, 6.07) is 0. The van der Waals surface area contributed by atoms with E-state index in [1.807, 2.05) is 0 Å². The fourth-order valence-corrected chi connectivity index (χ4v) is 1.44. The van der Waals surface area contributed by atoms with Gasteiger partial charge in [0.15, 0.2) is 0 Å². The molecule has 102 valence electrons. The normalized spacial score (nSPS) is 19.5. The summed E-state index contributed by atoms with van der Waals surface area (Å²) in [5.74, 6) is -2.36. The molecule has 0 unspecified atom stereocenters. The molecule has 3 N–H and O–H groups in total. The molecular formula is C10H18F3NO3. The first-order chi connectivity index (χ1) is 7.59. The van der Waals surface area contributed by atoms with E-state index in [0.29, 0.717) is 5.92 Å². The van der Waals surface area contributed by atoms with Crippen molar-refractivity contribution in [3.8, 4) is 0 Å². The average Bonchev–Trinajstić information content (AvgIpc) is 2.18. The molecule has 0 aromatic rings. The predicted octanol–water partition coefficient (Wildman–Crippen LogP) is 1.39. The van der Waals surface area contributed by atoms with Gasteiger partial charge in [0.25, 0.3) is 0 Å². The smallest absolute Gasteiger partial charge is 0.475 e. The van der Waals surface area contributed by atoms with Gasteiger partial charge in [-0.05, 0) is 31.8 Å². The highest BCUT2D eigenvalue weighted by atomic mass is 19.4. The Balaban J connectivity index is 0.000000325. The van der Waals surface area contributed by atoms with Gasteiger partial charge in [-0.1, -0.05) is 13.8 Å². The fraction of sp³-hybridized carbons (Fsp3) is 0.900. The first-order valence-electron chi connectivity index (χ1n) is 5.33. The summed E-state index contributed by atoms with van der Waals surface area (Å²) < 4.78 is 31.7. The molecular weight excluding hydrogens is 239 g/mol. The Morgan fingerprint density at radius 2 is 1.65 bits per heavy atom. The van der Waals surface area contributed by atoms with Gasteiger partial charge in [0.2, 0.25) is 0 Å². The molecule has 0 saturated carbocycles. The Hall–Kier alpha value is -0.820. The van der Waals surface area contributed by atoms with Gasteiger partial charge in [0.1, 0.15) is 0 Å². The van der Waals surface area contributed by atoms with Gasteiger partial charge < -0.3 is 15.5 Å². The summed E-state index contributed by atoms with van der Waals surface area (Å²) in [4.78, 5) is 8.90. The molecule has 4 nitrogen and oxygen atoms in total. The van der Waals surface area contributed by atoms with Gasteiger partial charge in [-0.2, -0.15) is 13.2 Å². The van der Waals surface area contributed by atoms with Crippen LogP contribution in [0.25, 0.3) is 0 Å². The number of aliphatic hydroxyl groups is 1. The highest BCUT2D eigenvalue weighted by Gasteiger charge is 2.38. The van der Waals surface area contributed by atoms with Crippen molar-refractivity contribution in [1.82, 2.24) is 5.32 Å². The van der Waals surface area contributed by atoms with Crippen molar-refractivity contribution in [1.29, 1.82) is 0 Å².